The molecule has 1 aliphatic heterocycles. The fourth-order valence-electron chi connectivity index (χ4n) is 4.10. The van der Waals surface area contributed by atoms with Crippen molar-refractivity contribution in [3.63, 3.8) is 0 Å². The highest BCUT2D eigenvalue weighted by Gasteiger charge is 2.21. The highest BCUT2D eigenvalue weighted by molar-refractivity contribution is 7.99. The van der Waals surface area contributed by atoms with Crippen LogP contribution < -0.4 is 5.32 Å². The molecule has 0 saturated carbocycles. The monoisotopic (exact) mass is 424 g/mol. The van der Waals surface area contributed by atoms with Gasteiger partial charge in [-0.1, -0.05) is 65.8 Å². The maximum Gasteiger partial charge on any atom is 0.0606 e. The van der Waals surface area contributed by atoms with Gasteiger partial charge in [-0.2, -0.15) is 0 Å². The van der Waals surface area contributed by atoms with E-state index in [9.17, 15) is 0 Å². The summed E-state index contributed by atoms with van der Waals surface area (Å²) in [5, 5.41) is 5.56. The van der Waals surface area contributed by atoms with Crippen LogP contribution in [0, 0.1) is 0 Å². The van der Waals surface area contributed by atoms with E-state index < -0.39 is 0 Å². The van der Waals surface area contributed by atoms with Crippen LogP contribution in [0.4, 0.5) is 11.4 Å². The second-order valence-corrected chi connectivity index (χ2v) is 8.83. The summed E-state index contributed by atoms with van der Waals surface area (Å²) >= 11 is 8.22. The highest BCUT2D eigenvalue weighted by Crippen LogP contribution is 2.49. The lowest BCUT2D eigenvalue weighted by molar-refractivity contribution is 1.13. The van der Waals surface area contributed by atoms with Crippen molar-refractivity contribution in [1.82, 2.24) is 4.57 Å². The van der Waals surface area contributed by atoms with Gasteiger partial charge in [-0.25, -0.2) is 0 Å². The van der Waals surface area contributed by atoms with Gasteiger partial charge in [0.2, 0.25) is 0 Å². The van der Waals surface area contributed by atoms with Gasteiger partial charge < -0.3 is 9.88 Å². The first-order valence-corrected chi connectivity index (χ1v) is 11.0. The summed E-state index contributed by atoms with van der Waals surface area (Å²) in [4.78, 5) is 2.48. The van der Waals surface area contributed by atoms with Gasteiger partial charge in [0.15, 0.2) is 0 Å². The molecule has 0 fully saturated rings. The number of rotatable bonds is 2. The highest BCUT2D eigenvalue weighted by atomic mass is 35.5. The van der Waals surface area contributed by atoms with E-state index in [1.807, 2.05) is 23.9 Å². The smallest absolute Gasteiger partial charge is 0.0606 e. The van der Waals surface area contributed by atoms with Gasteiger partial charge in [-0.15, -0.1) is 0 Å². The Balaban J connectivity index is 1.60. The van der Waals surface area contributed by atoms with Crippen molar-refractivity contribution in [1.29, 1.82) is 0 Å². The van der Waals surface area contributed by atoms with Crippen LogP contribution in [0.3, 0.4) is 0 Å². The van der Waals surface area contributed by atoms with Gasteiger partial charge in [0.05, 0.1) is 16.9 Å². The van der Waals surface area contributed by atoms with Crippen molar-refractivity contribution in [2.24, 2.45) is 0 Å². The van der Waals surface area contributed by atoms with E-state index in [-0.39, 0.29) is 0 Å². The lowest BCUT2D eigenvalue weighted by Gasteiger charge is -2.23. The Morgan fingerprint density at radius 1 is 0.733 bits per heavy atom. The summed E-state index contributed by atoms with van der Waals surface area (Å²) in [6, 6.07) is 31.5. The molecule has 6 rings (SSSR count). The van der Waals surface area contributed by atoms with Crippen LogP contribution in [0.1, 0.15) is 0 Å². The van der Waals surface area contributed by atoms with Crippen LogP contribution in [-0.2, 0) is 0 Å². The maximum atomic E-state index is 6.41. The van der Waals surface area contributed by atoms with Crippen LogP contribution in [0.15, 0.2) is 107 Å². The summed E-state index contributed by atoms with van der Waals surface area (Å²) in [6.45, 7) is 0. The van der Waals surface area contributed by atoms with Gasteiger partial charge in [-0.3, -0.25) is 0 Å². The van der Waals surface area contributed by atoms with Gasteiger partial charge in [0.1, 0.15) is 0 Å². The summed E-state index contributed by atoms with van der Waals surface area (Å²) in [5.41, 5.74) is 6.91. The first kappa shape index (κ1) is 17.7. The summed E-state index contributed by atoms with van der Waals surface area (Å²) in [6.07, 6.45) is 2.22. The van der Waals surface area contributed by atoms with Crippen molar-refractivity contribution in [3.05, 3.63) is 102 Å². The molecule has 0 radical (unpaired) electrons. The van der Waals surface area contributed by atoms with Crippen LogP contribution >= 0.6 is 23.4 Å². The molecule has 0 spiro atoms. The number of benzene rings is 4. The molecule has 1 aliphatic rings. The number of aromatic nitrogens is 1. The fourth-order valence-corrected chi connectivity index (χ4v) is 5.30. The summed E-state index contributed by atoms with van der Waals surface area (Å²) in [5.74, 6) is 0. The van der Waals surface area contributed by atoms with Crippen LogP contribution in [0.2, 0.25) is 5.02 Å². The lowest BCUT2D eigenvalue weighted by atomic mass is 10.0. The zero-order valence-corrected chi connectivity index (χ0v) is 17.5. The standard InChI is InChI=1S/C26H17ClN2S/c27-17-13-14-23-20(15-17)21(16-29(23)18-7-2-1-3-8-18)19-9-6-12-25-26(19)28-22-10-4-5-11-24(22)30-25/h1-16,28H. The quantitative estimate of drug-likeness (QED) is 0.302. The normalized spacial score (nSPS) is 12.3. The minimum Gasteiger partial charge on any atom is -0.353 e. The Hall–Kier alpha value is -3.14. The van der Waals surface area contributed by atoms with Crippen LogP contribution in [0.5, 0.6) is 0 Å². The van der Waals surface area contributed by atoms with Gasteiger partial charge in [0.25, 0.3) is 0 Å². The lowest BCUT2D eigenvalue weighted by Crippen LogP contribution is -2.01. The number of hydrogen-bond acceptors (Lipinski definition) is 2. The van der Waals surface area contributed by atoms with E-state index in [1.54, 1.807) is 0 Å². The van der Waals surface area contributed by atoms with Gasteiger partial charge >= 0.3 is 0 Å². The number of nitrogens with zero attached hydrogens (tertiary/aromatic N) is 1. The van der Waals surface area contributed by atoms with E-state index in [2.05, 4.69) is 94.9 Å². The molecule has 2 heterocycles. The van der Waals surface area contributed by atoms with Gasteiger partial charge in [-0.05, 0) is 48.5 Å². The second-order valence-electron chi connectivity index (χ2n) is 7.31. The van der Waals surface area contributed by atoms with E-state index in [0.717, 1.165) is 33.0 Å². The Morgan fingerprint density at radius 3 is 2.43 bits per heavy atom. The third-order valence-electron chi connectivity index (χ3n) is 5.48. The number of fused-ring (bicyclic) bond motifs is 3. The Bertz CT molecular complexity index is 1410. The predicted molar refractivity (Wildman–Crippen MR) is 128 cm³/mol. The molecule has 0 bridgehead atoms. The van der Waals surface area contributed by atoms with Crippen LogP contribution in [-0.4, -0.2) is 4.57 Å². The molecule has 144 valence electrons. The maximum absolute atomic E-state index is 6.41. The predicted octanol–water partition coefficient (Wildman–Crippen LogP) is 8.16. The molecule has 1 N–H and O–H groups in total. The molecule has 1 aromatic heterocycles. The number of hydrogen-bond donors (Lipinski definition) is 1. The minimum atomic E-state index is 0.743. The van der Waals surface area contributed by atoms with E-state index in [1.165, 1.54) is 20.9 Å². The van der Waals surface area contributed by atoms with Crippen LogP contribution in [0.25, 0.3) is 27.7 Å². The molecule has 0 unspecified atom stereocenters. The molecule has 0 aliphatic carbocycles. The fraction of sp³-hybridized carbons (Fsp3) is 0. The molecule has 30 heavy (non-hydrogen) atoms. The Labute approximate surface area is 184 Å². The topological polar surface area (TPSA) is 17.0 Å². The molecular formula is C26H17ClN2S. The van der Waals surface area contributed by atoms with Gasteiger partial charge in [0, 0.05) is 43.2 Å². The Kier molecular flexibility index (Phi) is 4.12. The number of anilines is 2. The molecular weight excluding hydrogens is 408 g/mol. The van der Waals surface area contributed by atoms with Crippen molar-refractivity contribution in [2.45, 2.75) is 9.79 Å². The molecule has 4 aromatic carbocycles. The molecule has 0 saturated heterocycles. The van der Waals surface area contributed by atoms with E-state index >= 15 is 0 Å². The zero-order valence-electron chi connectivity index (χ0n) is 16.0. The first-order valence-electron chi connectivity index (χ1n) is 9.81. The average molecular weight is 425 g/mol. The SMILES string of the molecule is Clc1ccc2c(c1)c(-c1cccc3c1Nc1ccccc1S3)cn2-c1ccccc1. The number of para-hydroxylation sites is 3. The molecule has 0 amide bonds. The molecule has 0 atom stereocenters. The van der Waals surface area contributed by atoms with Crippen molar-refractivity contribution < 1.29 is 0 Å². The average Bonchev–Trinajstić information content (AvgIpc) is 3.16. The first-order chi connectivity index (χ1) is 14.8. The third kappa shape index (κ3) is 2.82. The summed E-state index contributed by atoms with van der Waals surface area (Å²) in [7, 11) is 0. The molecule has 4 heteroatoms. The Morgan fingerprint density at radius 2 is 1.53 bits per heavy atom. The van der Waals surface area contributed by atoms with E-state index in [4.69, 9.17) is 11.6 Å². The third-order valence-corrected chi connectivity index (χ3v) is 6.86. The van der Waals surface area contributed by atoms with Crippen molar-refractivity contribution in [2.75, 3.05) is 5.32 Å². The molecule has 2 nitrogen and oxygen atoms in total. The zero-order chi connectivity index (χ0) is 20.1. The summed E-state index contributed by atoms with van der Waals surface area (Å²) < 4.78 is 2.24. The number of halogens is 1. The second kappa shape index (κ2) is 6.98. The van der Waals surface area contributed by atoms with E-state index in [0.29, 0.717) is 0 Å². The molecule has 5 aromatic rings. The largest absolute Gasteiger partial charge is 0.353 e. The number of nitrogens with one attached hydrogen (secondary N) is 1. The van der Waals surface area contributed by atoms with Crippen molar-refractivity contribution in [3.8, 4) is 16.8 Å². The minimum absolute atomic E-state index is 0.743. The van der Waals surface area contributed by atoms with Crippen molar-refractivity contribution >= 4 is 45.6 Å².